The fourth-order valence-electron chi connectivity index (χ4n) is 6.03. The number of methoxy groups -OCH3 is 1. The molecule has 0 aromatic rings. The lowest BCUT2D eigenvalue weighted by Crippen LogP contribution is -2.58. The molecule has 214 valence electrons. The first-order valence-corrected chi connectivity index (χ1v) is 15.7. The Hall–Kier alpha value is -0.280. The molecule has 0 fully saturated rings. The highest BCUT2D eigenvalue weighted by Crippen LogP contribution is 2.56. The normalized spacial score (nSPS) is 20.4. The van der Waals surface area contributed by atoms with Crippen LogP contribution in [0.5, 0.6) is 0 Å². The molecule has 0 rings (SSSR count). The van der Waals surface area contributed by atoms with Crippen LogP contribution in [-0.2, 0) is 9.53 Å². The molecule has 0 aromatic heterocycles. The van der Waals surface area contributed by atoms with Crippen LogP contribution in [0.2, 0.25) is 0 Å². The molecule has 3 heteroatoms. The maximum Gasteiger partial charge on any atom is 0.170 e. The number of Topliss-reactive ketones (excluding diaryl/α,β-unsaturated/α-hetero) is 1. The zero-order valence-corrected chi connectivity index (χ0v) is 28.1. The second-order valence-electron chi connectivity index (χ2n) is 14.5. The summed E-state index contributed by atoms with van der Waals surface area (Å²) < 4.78 is 6.36. The van der Waals surface area contributed by atoms with E-state index in [-0.39, 0.29) is 26.8 Å². The molecule has 36 heavy (non-hydrogen) atoms. The zero-order valence-electron chi connectivity index (χ0n) is 27.3. The number of hydrogen-bond acceptors (Lipinski definition) is 3. The van der Waals surface area contributed by atoms with Crippen LogP contribution in [0.3, 0.4) is 0 Å². The third-order valence-corrected chi connectivity index (χ3v) is 12.1. The van der Waals surface area contributed by atoms with Crippen LogP contribution >= 0.6 is 11.8 Å². The van der Waals surface area contributed by atoms with Gasteiger partial charge in [-0.3, -0.25) is 4.79 Å². The van der Waals surface area contributed by atoms with Gasteiger partial charge >= 0.3 is 0 Å². The molecule has 0 N–H and O–H groups in total. The third kappa shape index (κ3) is 7.87. The van der Waals surface area contributed by atoms with Crippen LogP contribution in [0.25, 0.3) is 0 Å². The maximum absolute atomic E-state index is 14.4. The molecule has 4 atom stereocenters. The van der Waals surface area contributed by atoms with E-state index < -0.39 is 11.0 Å². The number of ether oxygens (including phenoxy) is 1. The van der Waals surface area contributed by atoms with E-state index in [1.54, 1.807) is 7.11 Å². The first kappa shape index (κ1) is 35.7. The van der Waals surface area contributed by atoms with Crippen molar-refractivity contribution < 1.29 is 9.53 Å². The molecule has 0 aliphatic rings. The van der Waals surface area contributed by atoms with Crippen molar-refractivity contribution in [3.8, 4) is 0 Å². The van der Waals surface area contributed by atoms with Crippen molar-refractivity contribution >= 4 is 17.5 Å². The van der Waals surface area contributed by atoms with E-state index in [4.69, 9.17) is 4.74 Å². The minimum absolute atomic E-state index is 0.0131. The van der Waals surface area contributed by atoms with Gasteiger partial charge in [-0.15, -0.1) is 0 Å². The highest BCUT2D eigenvalue weighted by molar-refractivity contribution is 7.99. The molecule has 0 heterocycles. The smallest absolute Gasteiger partial charge is 0.170 e. The first-order valence-electron chi connectivity index (χ1n) is 14.5. The quantitative estimate of drug-likeness (QED) is 0.177. The van der Waals surface area contributed by atoms with Gasteiger partial charge in [0.1, 0.15) is 5.60 Å². The Morgan fingerprint density at radius 2 is 1.31 bits per heavy atom. The number of thioether (sulfide) groups is 1. The van der Waals surface area contributed by atoms with Gasteiger partial charge in [-0.2, -0.15) is 11.8 Å². The Morgan fingerprint density at radius 1 is 0.778 bits per heavy atom. The van der Waals surface area contributed by atoms with Gasteiger partial charge in [0, 0.05) is 22.7 Å². The van der Waals surface area contributed by atoms with Crippen LogP contribution in [0, 0.1) is 27.1 Å². The maximum atomic E-state index is 14.4. The van der Waals surface area contributed by atoms with Gasteiger partial charge in [0.15, 0.2) is 5.78 Å². The molecule has 0 bridgehead atoms. The predicted octanol–water partition coefficient (Wildman–Crippen LogP) is 10.5. The summed E-state index contributed by atoms with van der Waals surface area (Å²) in [5.41, 5.74) is -1.30. The van der Waals surface area contributed by atoms with Crippen molar-refractivity contribution in [2.45, 2.75) is 152 Å². The minimum atomic E-state index is -0.863. The largest absolute Gasteiger partial charge is 0.370 e. The molecular formula is C33H64O2S. The second-order valence-corrected chi connectivity index (χ2v) is 15.9. The lowest BCUT2D eigenvalue weighted by atomic mass is 9.53. The van der Waals surface area contributed by atoms with E-state index in [2.05, 4.69) is 115 Å². The fourth-order valence-corrected chi connectivity index (χ4v) is 6.82. The standard InChI is InChI=1S/C33H64O2S/c1-17-27(5,6)22-21-23-30(11,18-2)29(9,10)25-31(12,19-3)33(14,35-15)26(34)28(7,8)24-32(13,20-4)36-16/h21,23H,17-20,22,24-25H2,1-16H3. The lowest BCUT2D eigenvalue weighted by molar-refractivity contribution is -0.172. The van der Waals surface area contributed by atoms with Crippen molar-refractivity contribution in [1.29, 1.82) is 0 Å². The first-order chi connectivity index (χ1) is 16.1. The highest BCUT2D eigenvalue weighted by Gasteiger charge is 2.57. The van der Waals surface area contributed by atoms with Crippen molar-refractivity contribution in [2.75, 3.05) is 13.4 Å². The van der Waals surface area contributed by atoms with Crippen LogP contribution in [0.1, 0.15) is 142 Å². The molecule has 0 spiro atoms. The molecule has 0 aliphatic carbocycles. The molecule has 2 nitrogen and oxygen atoms in total. The lowest BCUT2D eigenvalue weighted by Gasteiger charge is -2.54. The average molecular weight is 525 g/mol. The van der Waals surface area contributed by atoms with Gasteiger partial charge < -0.3 is 4.74 Å². The Kier molecular flexibility index (Phi) is 12.6. The van der Waals surface area contributed by atoms with Crippen LogP contribution in [-0.4, -0.2) is 29.5 Å². The average Bonchev–Trinajstić information content (AvgIpc) is 2.81. The summed E-state index contributed by atoms with van der Waals surface area (Å²) in [7, 11) is 1.74. The summed E-state index contributed by atoms with van der Waals surface area (Å²) in [6, 6.07) is 0. The van der Waals surface area contributed by atoms with E-state index in [0.29, 0.717) is 5.41 Å². The molecule has 0 aliphatic heterocycles. The van der Waals surface area contributed by atoms with Crippen molar-refractivity contribution in [2.24, 2.45) is 27.1 Å². The Morgan fingerprint density at radius 3 is 1.67 bits per heavy atom. The van der Waals surface area contributed by atoms with Crippen LogP contribution in [0.4, 0.5) is 0 Å². The van der Waals surface area contributed by atoms with Gasteiger partial charge in [-0.1, -0.05) is 109 Å². The second kappa shape index (κ2) is 12.7. The molecule has 0 saturated carbocycles. The number of ketones is 1. The van der Waals surface area contributed by atoms with Crippen LogP contribution in [0.15, 0.2) is 12.2 Å². The Bertz CT molecular complexity index is 730. The summed E-state index contributed by atoms with van der Waals surface area (Å²) in [4.78, 5) is 14.4. The molecule has 4 unspecified atom stereocenters. The van der Waals surface area contributed by atoms with E-state index in [9.17, 15) is 4.79 Å². The summed E-state index contributed by atoms with van der Waals surface area (Å²) in [6.45, 7) is 31.8. The number of allylic oxidation sites excluding steroid dienone is 2. The molecule has 0 aromatic carbocycles. The zero-order chi connectivity index (χ0) is 28.9. The molecule has 0 amide bonds. The van der Waals surface area contributed by atoms with Crippen molar-refractivity contribution in [3.05, 3.63) is 12.2 Å². The molecule has 0 radical (unpaired) electrons. The van der Waals surface area contributed by atoms with E-state index in [0.717, 1.165) is 38.5 Å². The SMILES string of the molecule is CCC(C)(C)CC=CC(C)(CC)C(C)(C)CC(C)(CC)C(C)(OC)C(=O)C(C)(C)CC(C)(CC)SC. The summed E-state index contributed by atoms with van der Waals surface area (Å²) >= 11 is 1.87. The Balaban J connectivity index is 6.36. The summed E-state index contributed by atoms with van der Waals surface area (Å²) in [5, 5.41) is 0. The highest BCUT2D eigenvalue weighted by atomic mass is 32.2. The topological polar surface area (TPSA) is 26.3 Å². The fraction of sp³-hybridized carbons (Fsp3) is 0.909. The number of rotatable bonds is 17. The van der Waals surface area contributed by atoms with Crippen molar-refractivity contribution in [1.82, 2.24) is 0 Å². The Labute approximate surface area is 231 Å². The van der Waals surface area contributed by atoms with E-state index in [1.807, 2.05) is 11.8 Å². The number of carbonyl (C=O) groups excluding carboxylic acids is 1. The number of carbonyl (C=O) groups is 1. The minimum Gasteiger partial charge on any atom is -0.370 e. The summed E-state index contributed by atoms with van der Waals surface area (Å²) in [5.74, 6) is 0.241. The monoisotopic (exact) mass is 524 g/mol. The van der Waals surface area contributed by atoms with Crippen molar-refractivity contribution in [3.63, 3.8) is 0 Å². The van der Waals surface area contributed by atoms with E-state index in [1.165, 1.54) is 6.42 Å². The third-order valence-electron chi connectivity index (χ3n) is 10.7. The van der Waals surface area contributed by atoms with Gasteiger partial charge in [-0.25, -0.2) is 0 Å². The predicted molar refractivity (Wildman–Crippen MR) is 164 cm³/mol. The van der Waals surface area contributed by atoms with Crippen LogP contribution < -0.4 is 0 Å². The molecule has 0 saturated heterocycles. The van der Waals surface area contributed by atoms with Gasteiger partial charge in [0.2, 0.25) is 0 Å². The summed E-state index contributed by atoms with van der Waals surface area (Å²) in [6.07, 6.45) is 14.1. The number of hydrogen-bond donors (Lipinski definition) is 0. The van der Waals surface area contributed by atoms with Gasteiger partial charge in [0.05, 0.1) is 0 Å². The van der Waals surface area contributed by atoms with Gasteiger partial charge in [0.25, 0.3) is 0 Å². The van der Waals surface area contributed by atoms with Gasteiger partial charge in [-0.05, 0) is 67.9 Å². The molecular weight excluding hydrogens is 460 g/mol. The van der Waals surface area contributed by atoms with E-state index >= 15 is 0 Å².